The lowest BCUT2D eigenvalue weighted by Gasteiger charge is -2.32. The molecule has 1 fully saturated rings. The first-order valence-corrected chi connectivity index (χ1v) is 8.16. The minimum absolute atomic E-state index is 0.224. The first kappa shape index (κ1) is 15.6. The van der Waals surface area contributed by atoms with Crippen molar-refractivity contribution in [2.24, 2.45) is 7.05 Å². The largest absolute Gasteiger partial charge is 0.342 e. The van der Waals surface area contributed by atoms with Gasteiger partial charge in [-0.15, -0.1) is 0 Å². The summed E-state index contributed by atoms with van der Waals surface area (Å²) in [5, 5.41) is 4.23. The highest BCUT2D eigenvalue weighted by Gasteiger charge is 2.25. The van der Waals surface area contributed by atoms with Gasteiger partial charge in [-0.2, -0.15) is 5.10 Å². The van der Waals surface area contributed by atoms with Crippen LogP contribution in [-0.4, -0.2) is 43.6 Å². The lowest BCUT2D eigenvalue weighted by Crippen LogP contribution is -2.39. The molecule has 0 bridgehead atoms. The Morgan fingerprint density at radius 1 is 1.35 bits per heavy atom. The second kappa shape index (κ2) is 6.89. The van der Waals surface area contributed by atoms with Crippen LogP contribution in [0, 0.1) is 6.92 Å². The van der Waals surface area contributed by atoms with Gasteiger partial charge in [0, 0.05) is 56.8 Å². The van der Waals surface area contributed by atoms with E-state index in [4.69, 9.17) is 0 Å². The Balaban J connectivity index is 1.58. The number of nitrogens with zero attached hydrogens (tertiary/aromatic N) is 5. The third-order valence-electron chi connectivity index (χ3n) is 4.72. The van der Waals surface area contributed by atoms with Crippen molar-refractivity contribution in [3.05, 3.63) is 41.7 Å². The Labute approximate surface area is 136 Å². The van der Waals surface area contributed by atoms with Gasteiger partial charge in [0.2, 0.25) is 5.91 Å². The lowest BCUT2D eigenvalue weighted by atomic mass is 9.94. The van der Waals surface area contributed by atoms with Crippen molar-refractivity contribution in [2.45, 2.75) is 38.5 Å². The van der Waals surface area contributed by atoms with Gasteiger partial charge in [0.25, 0.3) is 0 Å². The average molecular weight is 313 g/mol. The van der Waals surface area contributed by atoms with Gasteiger partial charge in [-0.3, -0.25) is 19.4 Å². The number of carbonyl (C=O) groups is 1. The minimum atomic E-state index is 0.224. The molecule has 6 nitrogen and oxygen atoms in total. The third-order valence-corrected chi connectivity index (χ3v) is 4.72. The molecule has 3 heterocycles. The molecule has 0 aliphatic carbocycles. The zero-order chi connectivity index (χ0) is 16.2. The molecule has 1 amide bonds. The van der Waals surface area contributed by atoms with Crippen molar-refractivity contribution in [3.8, 4) is 0 Å². The van der Waals surface area contributed by atoms with Gasteiger partial charge in [-0.1, -0.05) is 0 Å². The highest BCUT2D eigenvalue weighted by molar-refractivity contribution is 5.76. The molecular formula is C17H23N5O. The fourth-order valence-electron chi connectivity index (χ4n) is 3.16. The summed E-state index contributed by atoms with van der Waals surface area (Å²) in [5.41, 5.74) is 3.28. The van der Waals surface area contributed by atoms with Gasteiger partial charge in [0.1, 0.15) is 0 Å². The summed E-state index contributed by atoms with van der Waals surface area (Å²) in [4.78, 5) is 23.0. The zero-order valence-electron chi connectivity index (χ0n) is 13.8. The SMILES string of the molecule is Cc1c(CCC(=O)N2CCC[C@@H](c3cnccn3)C2)cnn1C. The molecule has 1 aliphatic rings. The number of rotatable bonds is 4. The number of aryl methyl sites for hydroxylation is 2. The van der Waals surface area contributed by atoms with Crippen LogP contribution in [0.25, 0.3) is 0 Å². The molecule has 0 spiro atoms. The van der Waals surface area contributed by atoms with Crippen molar-refractivity contribution in [3.63, 3.8) is 0 Å². The normalized spacial score (nSPS) is 18.2. The van der Waals surface area contributed by atoms with E-state index in [9.17, 15) is 4.79 Å². The maximum Gasteiger partial charge on any atom is 0.222 e. The highest BCUT2D eigenvalue weighted by atomic mass is 16.2. The Bertz CT molecular complexity index is 667. The van der Waals surface area contributed by atoms with E-state index in [1.807, 2.05) is 35.9 Å². The average Bonchev–Trinajstić information content (AvgIpc) is 2.92. The molecule has 2 aromatic rings. The van der Waals surface area contributed by atoms with Crippen LogP contribution in [0.2, 0.25) is 0 Å². The predicted octanol–water partition coefficient (Wildman–Crippen LogP) is 1.86. The molecule has 0 saturated carbocycles. The Morgan fingerprint density at radius 3 is 2.91 bits per heavy atom. The zero-order valence-corrected chi connectivity index (χ0v) is 13.8. The Hall–Kier alpha value is -2.24. The minimum Gasteiger partial charge on any atom is -0.342 e. The number of carbonyl (C=O) groups excluding carboxylic acids is 1. The number of hydrogen-bond acceptors (Lipinski definition) is 4. The topological polar surface area (TPSA) is 63.9 Å². The van der Waals surface area contributed by atoms with E-state index in [2.05, 4.69) is 15.1 Å². The van der Waals surface area contributed by atoms with E-state index in [0.29, 0.717) is 12.3 Å². The number of aromatic nitrogens is 4. The molecule has 1 atom stereocenters. The van der Waals surface area contributed by atoms with E-state index in [1.165, 1.54) is 0 Å². The summed E-state index contributed by atoms with van der Waals surface area (Å²) in [6.45, 7) is 3.64. The molecule has 0 aromatic carbocycles. The van der Waals surface area contributed by atoms with Crippen molar-refractivity contribution in [1.29, 1.82) is 0 Å². The van der Waals surface area contributed by atoms with Gasteiger partial charge in [0.05, 0.1) is 11.9 Å². The summed E-state index contributed by atoms with van der Waals surface area (Å²) in [5.74, 6) is 0.531. The molecule has 1 saturated heterocycles. The maximum absolute atomic E-state index is 12.5. The van der Waals surface area contributed by atoms with Crippen LogP contribution in [0.5, 0.6) is 0 Å². The monoisotopic (exact) mass is 313 g/mol. The van der Waals surface area contributed by atoms with Gasteiger partial charge in [-0.25, -0.2) is 0 Å². The molecule has 0 unspecified atom stereocenters. The van der Waals surface area contributed by atoms with Crippen LogP contribution in [0.1, 0.15) is 42.1 Å². The fraction of sp³-hybridized carbons (Fsp3) is 0.529. The molecule has 2 aromatic heterocycles. The smallest absolute Gasteiger partial charge is 0.222 e. The van der Waals surface area contributed by atoms with Crippen molar-refractivity contribution < 1.29 is 4.79 Å². The highest BCUT2D eigenvalue weighted by Crippen LogP contribution is 2.25. The first-order valence-electron chi connectivity index (χ1n) is 8.16. The summed E-state index contributed by atoms with van der Waals surface area (Å²) in [6, 6.07) is 0. The van der Waals surface area contributed by atoms with E-state index in [-0.39, 0.29) is 5.91 Å². The quantitative estimate of drug-likeness (QED) is 0.864. The summed E-state index contributed by atoms with van der Waals surface area (Å²) in [7, 11) is 1.93. The van der Waals surface area contributed by atoms with Gasteiger partial charge in [-0.05, 0) is 31.7 Å². The summed E-state index contributed by atoms with van der Waals surface area (Å²) in [6.07, 6.45) is 10.5. The molecule has 23 heavy (non-hydrogen) atoms. The van der Waals surface area contributed by atoms with Crippen LogP contribution in [-0.2, 0) is 18.3 Å². The molecule has 0 radical (unpaired) electrons. The van der Waals surface area contributed by atoms with Crippen LogP contribution in [0.4, 0.5) is 0 Å². The van der Waals surface area contributed by atoms with Gasteiger partial charge < -0.3 is 4.90 Å². The fourth-order valence-corrected chi connectivity index (χ4v) is 3.16. The van der Waals surface area contributed by atoms with Crippen LogP contribution < -0.4 is 0 Å². The Kier molecular flexibility index (Phi) is 4.69. The summed E-state index contributed by atoms with van der Waals surface area (Å²) >= 11 is 0. The van der Waals surface area contributed by atoms with E-state index < -0.39 is 0 Å². The second-order valence-electron chi connectivity index (χ2n) is 6.19. The number of piperidine rings is 1. The molecule has 6 heteroatoms. The standard InChI is InChI=1S/C17H23N5O/c1-13-14(10-20-21(13)2)5-6-17(23)22-9-3-4-15(12-22)16-11-18-7-8-19-16/h7-8,10-11,15H,3-6,9,12H2,1-2H3/t15-/m1/s1. The third kappa shape index (κ3) is 3.57. The number of amides is 1. The second-order valence-corrected chi connectivity index (χ2v) is 6.19. The molecule has 3 rings (SSSR count). The van der Waals surface area contributed by atoms with E-state index >= 15 is 0 Å². The number of likely N-dealkylation sites (tertiary alicyclic amines) is 1. The Morgan fingerprint density at radius 2 is 2.22 bits per heavy atom. The van der Waals surface area contributed by atoms with Crippen molar-refractivity contribution >= 4 is 5.91 Å². The van der Waals surface area contributed by atoms with Gasteiger partial charge >= 0.3 is 0 Å². The van der Waals surface area contributed by atoms with Gasteiger partial charge in [0.15, 0.2) is 0 Å². The van der Waals surface area contributed by atoms with Crippen molar-refractivity contribution in [2.75, 3.05) is 13.1 Å². The molecular weight excluding hydrogens is 290 g/mol. The van der Waals surface area contributed by atoms with Crippen LogP contribution in [0.3, 0.4) is 0 Å². The molecule has 0 N–H and O–H groups in total. The van der Waals surface area contributed by atoms with Crippen molar-refractivity contribution in [1.82, 2.24) is 24.6 Å². The number of hydrogen-bond donors (Lipinski definition) is 0. The maximum atomic E-state index is 12.5. The lowest BCUT2D eigenvalue weighted by molar-refractivity contribution is -0.132. The predicted molar refractivity (Wildman–Crippen MR) is 86.9 cm³/mol. The van der Waals surface area contributed by atoms with E-state index in [1.54, 1.807) is 12.4 Å². The van der Waals surface area contributed by atoms with Crippen LogP contribution >= 0.6 is 0 Å². The van der Waals surface area contributed by atoms with Crippen LogP contribution in [0.15, 0.2) is 24.8 Å². The summed E-state index contributed by atoms with van der Waals surface area (Å²) < 4.78 is 1.85. The molecule has 1 aliphatic heterocycles. The van der Waals surface area contributed by atoms with E-state index in [0.717, 1.165) is 49.3 Å². The molecule has 122 valence electrons. The first-order chi connectivity index (χ1) is 11.1.